The van der Waals surface area contributed by atoms with E-state index in [1.165, 1.54) is 6.20 Å². The van der Waals surface area contributed by atoms with Gasteiger partial charge in [0.05, 0.1) is 18.4 Å². The zero-order valence-electron chi connectivity index (χ0n) is 11.2. The van der Waals surface area contributed by atoms with Crippen molar-refractivity contribution in [3.63, 3.8) is 0 Å². The Balaban J connectivity index is 1.84. The van der Waals surface area contributed by atoms with Crippen LogP contribution in [0, 0.1) is 6.92 Å². The number of carbonyl (C=O) groups excluding carboxylic acids is 1. The highest BCUT2D eigenvalue weighted by Crippen LogP contribution is 2.23. The molecule has 2 aromatic rings. The molecular formula is C15H15N3O2. The quantitative estimate of drug-likeness (QED) is 0.792. The van der Waals surface area contributed by atoms with Gasteiger partial charge in [-0.1, -0.05) is 18.2 Å². The Morgan fingerprint density at radius 1 is 1.25 bits per heavy atom. The van der Waals surface area contributed by atoms with E-state index < -0.39 is 0 Å². The van der Waals surface area contributed by atoms with Crippen molar-refractivity contribution in [2.75, 3.05) is 13.2 Å². The summed E-state index contributed by atoms with van der Waals surface area (Å²) in [5.41, 5.74) is 2.18. The number of aryl methyl sites for hydroxylation is 1. The number of amides is 1. The molecule has 1 aromatic carbocycles. The number of carbonyl (C=O) groups is 1. The summed E-state index contributed by atoms with van der Waals surface area (Å²) in [6.07, 6.45) is 3.13. The van der Waals surface area contributed by atoms with Gasteiger partial charge in [0.1, 0.15) is 18.1 Å². The lowest BCUT2D eigenvalue weighted by Crippen LogP contribution is -2.33. The molecule has 5 heteroatoms. The Bertz CT molecular complexity index is 625. The second kappa shape index (κ2) is 5.28. The van der Waals surface area contributed by atoms with Gasteiger partial charge < -0.3 is 9.64 Å². The van der Waals surface area contributed by atoms with Crippen molar-refractivity contribution >= 4 is 5.91 Å². The molecule has 0 spiro atoms. The van der Waals surface area contributed by atoms with Crippen molar-refractivity contribution in [2.24, 2.45) is 0 Å². The summed E-state index contributed by atoms with van der Waals surface area (Å²) in [5.74, 6) is 0.732. The second-order valence-corrected chi connectivity index (χ2v) is 4.73. The van der Waals surface area contributed by atoms with E-state index in [9.17, 15) is 4.79 Å². The van der Waals surface area contributed by atoms with Crippen LogP contribution in [0.15, 0.2) is 36.7 Å². The summed E-state index contributed by atoms with van der Waals surface area (Å²) in [4.78, 5) is 22.4. The van der Waals surface area contributed by atoms with E-state index in [0.717, 1.165) is 17.0 Å². The predicted octanol–water partition coefficient (Wildman–Crippen LogP) is 1.82. The standard InChI is InChI=1S/C15H15N3O2/c1-11-8-17-13(9-16-11)15(19)18-6-7-20-14-5-3-2-4-12(14)10-18/h2-5,8-9H,6-7,10H2,1H3. The molecule has 0 atom stereocenters. The molecular weight excluding hydrogens is 254 g/mol. The molecule has 0 saturated heterocycles. The number of rotatable bonds is 1. The van der Waals surface area contributed by atoms with E-state index in [1.807, 2.05) is 31.2 Å². The maximum absolute atomic E-state index is 12.4. The molecule has 1 aromatic heterocycles. The fourth-order valence-electron chi connectivity index (χ4n) is 2.16. The van der Waals surface area contributed by atoms with Crippen molar-refractivity contribution in [3.8, 4) is 5.75 Å². The third-order valence-corrected chi connectivity index (χ3v) is 3.24. The Morgan fingerprint density at radius 3 is 2.90 bits per heavy atom. The van der Waals surface area contributed by atoms with Gasteiger partial charge >= 0.3 is 0 Å². The first-order valence-electron chi connectivity index (χ1n) is 6.52. The highest BCUT2D eigenvalue weighted by Gasteiger charge is 2.21. The van der Waals surface area contributed by atoms with Crippen LogP contribution in [0.5, 0.6) is 5.75 Å². The summed E-state index contributed by atoms with van der Waals surface area (Å²) < 4.78 is 5.65. The Morgan fingerprint density at radius 2 is 2.10 bits per heavy atom. The van der Waals surface area contributed by atoms with Gasteiger partial charge in [0.25, 0.3) is 5.91 Å². The van der Waals surface area contributed by atoms with Crippen LogP contribution in [0.25, 0.3) is 0 Å². The van der Waals surface area contributed by atoms with Crippen LogP contribution in [0.4, 0.5) is 0 Å². The minimum atomic E-state index is -0.113. The zero-order chi connectivity index (χ0) is 13.9. The van der Waals surface area contributed by atoms with Crippen LogP contribution in [-0.4, -0.2) is 33.9 Å². The molecule has 20 heavy (non-hydrogen) atoms. The van der Waals surface area contributed by atoms with E-state index >= 15 is 0 Å². The Labute approximate surface area is 117 Å². The first-order chi connectivity index (χ1) is 9.74. The van der Waals surface area contributed by atoms with E-state index in [4.69, 9.17) is 4.74 Å². The molecule has 0 radical (unpaired) electrons. The van der Waals surface area contributed by atoms with Crippen molar-refractivity contribution in [1.82, 2.24) is 14.9 Å². The number of hydrogen-bond acceptors (Lipinski definition) is 4. The maximum Gasteiger partial charge on any atom is 0.274 e. The molecule has 1 amide bonds. The van der Waals surface area contributed by atoms with Gasteiger partial charge in [-0.25, -0.2) is 4.98 Å². The van der Waals surface area contributed by atoms with Gasteiger partial charge in [0, 0.05) is 18.3 Å². The summed E-state index contributed by atoms with van der Waals surface area (Å²) in [5, 5.41) is 0. The number of para-hydroxylation sites is 1. The molecule has 0 unspecified atom stereocenters. The molecule has 0 fully saturated rings. The lowest BCUT2D eigenvalue weighted by atomic mass is 10.2. The highest BCUT2D eigenvalue weighted by molar-refractivity contribution is 5.92. The molecule has 0 saturated carbocycles. The molecule has 1 aliphatic heterocycles. The molecule has 0 aliphatic carbocycles. The Hall–Kier alpha value is -2.43. The monoisotopic (exact) mass is 269 g/mol. The smallest absolute Gasteiger partial charge is 0.274 e. The van der Waals surface area contributed by atoms with Gasteiger partial charge in [0.15, 0.2) is 0 Å². The number of ether oxygens (including phenoxy) is 1. The minimum absolute atomic E-state index is 0.113. The number of nitrogens with zero attached hydrogens (tertiary/aromatic N) is 3. The lowest BCUT2D eigenvalue weighted by Gasteiger charge is -2.19. The third-order valence-electron chi connectivity index (χ3n) is 3.24. The summed E-state index contributed by atoms with van der Waals surface area (Å²) in [6.45, 7) is 3.41. The van der Waals surface area contributed by atoms with E-state index in [2.05, 4.69) is 9.97 Å². The topological polar surface area (TPSA) is 55.3 Å². The molecule has 2 heterocycles. The lowest BCUT2D eigenvalue weighted by molar-refractivity contribution is 0.0727. The first kappa shape index (κ1) is 12.6. The summed E-state index contributed by atoms with van der Waals surface area (Å²) in [7, 11) is 0. The van der Waals surface area contributed by atoms with Crippen molar-refractivity contribution < 1.29 is 9.53 Å². The highest BCUT2D eigenvalue weighted by atomic mass is 16.5. The van der Waals surface area contributed by atoms with E-state index in [-0.39, 0.29) is 5.91 Å². The van der Waals surface area contributed by atoms with Crippen molar-refractivity contribution in [2.45, 2.75) is 13.5 Å². The maximum atomic E-state index is 12.4. The molecule has 5 nitrogen and oxygen atoms in total. The number of fused-ring (bicyclic) bond motifs is 1. The van der Waals surface area contributed by atoms with E-state index in [1.54, 1.807) is 11.1 Å². The number of benzene rings is 1. The van der Waals surface area contributed by atoms with Crippen LogP contribution in [0.2, 0.25) is 0 Å². The molecule has 1 aliphatic rings. The summed E-state index contributed by atoms with van der Waals surface area (Å²) in [6, 6.07) is 7.78. The van der Waals surface area contributed by atoms with Gasteiger partial charge in [0.2, 0.25) is 0 Å². The average molecular weight is 269 g/mol. The van der Waals surface area contributed by atoms with Crippen LogP contribution < -0.4 is 4.74 Å². The SMILES string of the molecule is Cc1cnc(C(=O)N2CCOc3ccccc3C2)cn1. The normalized spacial score (nSPS) is 14.2. The van der Waals surface area contributed by atoms with Crippen LogP contribution in [0.3, 0.4) is 0 Å². The van der Waals surface area contributed by atoms with E-state index in [0.29, 0.717) is 25.4 Å². The number of aromatic nitrogens is 2. The van der Waals surface area contributed by atoms with Gasteiger partial charge in [-0.15, -0.1) is 0 Å². The van der Waals surface area contributed by atoms with Gasteiger partial charge in [-0.2, -0.15) is 0 Å². The first-order valence-corrected chi connectivity index (χ1v) is 6.52. The fourth-order valence-corrected chi connectivity index (χ4v) is 2.16. The minimum Gasteiger partial charge on any atom is -0.491 e. The van der Waals surface area contributed by atoms with Crippen LogP contribution >= 0.6 is 0 Å². The fraction of sp³-hybridized carbons (Fsp3) is 0.267. The Kier molecular flexibility index (Phi) is 3.33. The summed E-state index contributed by atoms with van der Waals surface area (Å²) >= 11 is 0. The number of hydrogen-bond donors (Lipinski definition) is 0. The van der Waals surface area contributed by atoms with Crippen LogP contribution in [-0.2, 0) is 6.54 Å². The molecule has 0 N–H and O–H groups in total. The molecule has 3 rings (SSSR count). The van der Waals surface area contributed by atoms with Gasteiger partial charge in [-0.05, 0) is 13.0 Å². The predicted molar refractivity (Wildman–Crippen MR) is 73.4 cm³/mol. The third kappa shape index (κ3) is 2.47. The molecule has 102 valence electrons. The van der Waals surface area contributed by atoms with Crippen LogP contribution in [0.1, 0.15) is 21.7 Å². The van der Waals surface area contributed by atoms with Crippen molar-refractivity contribution in [3.05, 3.63) is 53.6 Å². The zero-order valence-corrected chi connectivity index (χ0v) is 11.2. The largest absolute Gasteiger partial charge is 0.491 e. The molecule has 0 bridgehead atoms. The second-order valence-electron chi connectivity index (χ2n) is 4.73. The van der Waals surface area contributed by atoms with Crippen molar-refractivity contribution in [1.29, 1.82) is 0 Å². The average Bonchev–Trinajstić information content (AvgIpc) is 2.69. The van der Waals surface area contributed by atoms with Gasteiger partial charge in [-0.3, -0.25) is 9.78 Å².